The van der Waals surface area contributed by atoms with Gasteiger partial charge in [0.15, 0.2) is 0 Å². The highest BCUT2D eigenvalue weighted by Crippen LogP contribution is 2.36. The van der Waals surface area contributed by atoms with Crippen LogP contribution in [0.5, 0.6) is 5.75 Å². The van der Waals surface area contributed by atoms with Crippen LogP contribution in [-0.4, -0.2) is 23.0 Å². The third-order valence-corrected chi connectivity index (χ3v) is 3.97. The van der Waals surface area contributed by atoms with Crippen molar-refractivity contribution in [2.45, 2.75) is 13.8 Å². The van der Waals surface area contributed by atoms with Gasteiger partial charge in [0, 0.05) is 23.5 Å². The van der Waals surface area contributed by atoms with Gasteiger partial charge in [-0.3, -0.25) is 14.8 Å². The largest absolute Gasteiger partial charge is 0.496 e. The number of aromatic nitrogens is 2. The maximum Gasteiger partial charge on any atom is 0.248 e. The van der Waals surface area contributed by atoms with Crippen molar-refractivity contribution >= 4 is 16.9 Å². The Morgan fingerprint density at radius 3 is 2.57 bits per heavy atom. The number of hydrogen-bond donors (Lipinski definition) is 1. The molecule has 116 valence electrons. The van der Waals surface area contributed by atoms with Gasteiger partial charge in [-0.15, -0.1) is 0 Å². The van der Waals surface area contributed by atoms with Crippen molar-refractivity contribution in [3.05, 3.63) is 53.3 Å². The van der Waals surface area contributed by atoms with E-state index in [1.165, 1.54) is 0 Å². The van der Waals surface area contributed by atoms with E-state index in [1.807, 2.05) is 26.0 Å². The van der Waals surface area contributed by atoms with E-state index in [0.29, 0.717) is 11.1 Å². The maximum absolute atomic E-state index is 11.7. The maximum atomic E-state index is 11.7. The van der Waals surface area contributed by atoms with E-state index in [-0.39, 0.29) is 0 Å². The molecular weight excluding hydrogens is 290 g/mol. The Balaban J connectivity index is 2.42. The molecule has 0 atom stereocenters. The number of rotatable bonds is 3. The van der Waals surface area contributed by atoms with Crippen LogP contribution >= 0.6 is 0 Å². The zero-order chi connectivity index (χ0) is 16.6. The minimum Gasteiger partial charge on any atom is -0.496 e. The van der Waals surface area contributed by atoms with Crippen LogP contribution in [0, 0.1) is 13.8 Å². The van der Waals surface area contributed by atoms with Crippen molar-refractivity contribution in [2.24, 2.45) is 5.73 Å². The van der Waals surface area contributed by atoms with Gasteiger partial charge in [0.1, 0.15) is 5.75 Å². The van der Waals surface area contributed by atoms with Gasteiger partial charge in [0.05, 0.1) is 18.1 Å². The number of nitrogens with zero attached hydrogens (tertiary/aromatic N) is 2. The summed E-state index contributed by atoms with van der Waals surface area (Å²) in [6, 6.07) is 7.35. The lowest BCUT2D eigenvalue weighted by atomic mass is 9.92. The highest BCUT2D eigenvalue weighted by molar-refractivity contribution is 6.02. The molecule has 2 N–H and O–H groups in total. The molecule has 3 aromatic rings. The molecule has 0 aliphatic heterocycles. The number of methoxy groups -OCH3 is 1. The molecule has 23 heavy (non-hydrogen) atoms. The van der Waals surface area contributed by atoms with Gasteiger partial charge in [0.25, 0.3) is 0 Å². The Morgan fingerprint density at radius 2 is 1.87 bits per heavy atom. The minimum absolute atomic E-state index is 0.412. The van der Waals surface area contributed by atoms with Crippen LogP contribution < -0.4 is 10.5 Å². The second kappa shape index (κ2) is 5.68. The zero-order valence-corrected chi connectivity index (χ0v) is 13.3. The molecule has 0 unspecified atom stereocenters. The van der Waals surface area contributed by atoms with Gasteiger partial charge in [-0.25, -0.2) is 0 Å². The third kappa shape index (κ3) is 2.50. The summed E-state index contributed by atoms with van der Waals surface area (Å²) in [5, 5.41) is 0. The Morgan fingerprint density at radius 1 is 1.13 bits per heavy atom. The summed E-state index contributed by atoms with van der Waals surface area (Å²) in [4.78, 5) is 20.4. The van der Waals surface area contributed by atoms with E-state index in [9.17, 15) is 4.79 Å². The fourth-order valence-corrected chi connectivity index (χ4v) is 2.87. The second-order valence-electron chi connectivity index (χ2n) is 5.40. The molecule has 0 aliphatic carbocycles. The van der Waals surface area contributed by atoms with E-state index < -0.39 is 5.91 Å². The van der Waals surface area contributed by atoms with Crippen LogP contribution in [-0.2, 0) is 0 Å². The first-order valence-corrected chi connectivity index (χ1v) is 7.22. The molecule has 0 radical (unpaired) electrons. The zero-order valence-electron chi connectivity index (χ0n) is 13.3. The predicted octanol–water partition coefficient (Wildman–Crippen LogP) is 3.02. The average molecular weight is 307 g/mol. The second-order valence-corrected chi connectivity index (χ2v) is 5.40. The lowest BCUT2D eigenvalue weighted by Gasteiger charge is -2.15. The smallest absolute Gasteiger partial charge is 0.248 e. The molecule has 5 heteroatoms. The number of fused-ring (bicyclic) bond motifs is 1. The summed E-state index contributed by atoms with van der Waals surface area (Å²) in [6.07, 6.45) is 3.24. The Bertz CT molecular complexity index is 920. The normalized spacial score (nSPS) is 10.7. The molecule has 0 fully saturated rings. The topological polar surface area (TPSA) is 78.1 Å². The molecule has 1 heterocycles. The van der Waals surface area contributed by atoms with Crippen molar-refractivity contribution in [2.75, 3.05) is 7.11 Å². The van der Waals surface area contributed by atoms with Gasteiger partial charge in [-0.2, -0.15) is 0 Å². The fourth-order valence-electron chi connectivity index (χ4n) is 2.87. The molecule has 2 aromatic carbocycles. The Hall–Kier alpha value is -2.95. The third-order valence-electron chi connectivity index (χ3n) is 3.97. The summed E-state index contributed by atoms with van der Waals surface area (Å²) in [6.45, 7) is 4.00. The Kier molecular flexibility index (Phi) is 3.70. The highest BCUT2D eigenvalue weighted by Gasteiger charge is 2.16. The molecule has 0 bridgehead atoms. The van der Waals surface area contributed by atoms with Crippen LogP contribution in [0.2, 0.25) is 0 Å². The molecule has 3 rings (SSSR count). The SMILES string of the molecule is COc1ccc(C)c(-c2cc(C(N)=O)cc3nccnc23)c1C. The molecule has 0 aliphatic rings. The van der Waals surface area contributed by atoms with Crippen LogP contribution in [0.4, 0.5) is 0 Å². The fraction of sp³-hybridized carbons (Fsp3) is 0.167. The lowest BCUT2D eigenvalue weighted by molar-refractivity contribution is 0.100. The van der Waals surface area contributed by atoms with Gasteiger partial charge < -0.3 is 10.5 Å². The number of carbonyl (C=O) groups excluding carboxylic acids is 1. The van der Waals surface area contributed by atoms with Crippen molar-refractivity contribution in [1.29, 1.82) is 0 Å². The summed E-state index contributed by atoms with van der Waals surface area (Å²) in [5.74, 6) is 0.295. The molecule has 0 spiro atoms. The number of nitrogens with two attached hydrogens (primary N) is 1. The van der Waals surface area contributed by atoms with Crippen molar-refractivity contribution in [1.82, 2.24) is 9.97 Å². The van der Waals surface area contributed by atoms with Crippen LogP contribution in [0.15, 0.2) is 36.7 Å². The molecule has 0 saturated heterocycles. The molecule has 5 nitrogen and oxygen atoms in total. The number of ether oxygens (including phenoxy) is 1. The quantitative estimate of drug-likeness (QED) is 0.806. The van der Waals surface area contributed by atoms with Crippen molar-refractivity contribution in [3.8, 4) is 16.9 Å². The Labute approximate surface area is 134 Å². The van der Waals surface area contributed by atoms with E-state index in [0.717, 1.165) is 33.5 Å². The average Bonchev–Trinajstić information content (AvgIpc) is 2.54. The van der Waals surface area contributed by atoms with E-state index in [2.05, 4.69) is 9.97 Å². The predicted molar refractivity (Wildman–Crippen MR) is 89.5 cm³/mol. The first kappa shape index (κ1) is 15.0. The van der Waals surface area contributed by atoms with Crippen LogP contribution in [0.3, 0.4) is 0 Å². The van der Waals surface area contributed by atoms with Crippen LogP contribution in [0.25, 0.3) is 22.2 Å². The number of amides is 1. The molecule has 0 saturated carbocycles. The van der Waals surface area contributed by atoms with Crippen molar-refractivity contribution in [3.63, 3.8) is 0 Å². The minimum atomic E-state index is -0.489. The number of primary amides is 1. The summed E-state index contributed by atoms with van der Waals surface area (Å²) < 4.78 is 5.42. The summed E-state index contributed by atoms with van der Waals surface area (Å²) in [7, 11) is 1.64. The van der Waals surface area contributed by atoms with E-state index >= 15 is 0 Å². The highest BCUT2D eigenvalue weighted by atomic mass is 16.5. The van der Waals surface area contributed by atoms with Gasteiger partial charge >= 0.3 is 0 Å². The number of hydrogen-bond acceptors (Lipinski definition) is 4. The first-order valence-electron chi connectivity index (χ1n) is 7.22. The first-order chi connectivity index (χ1) is 11.0. The van der Waals surface area contributed by atoms with Gasteiger partial charge in [-0.05, 0) is 48.7 Å². The summed E-state index contributed by atoms with van der Waals surface area (Å²) >= 11 is 0. The number of aryl methyl sites for hydroxylation is 1. The van der Waals surface area contributed by atoms with Crippen LogP contribution in [0.1, 0.15) is 21.5 Å². The number of carbonyl (C=O) groups is 1. The van der Waals surface area contributed by atoms with Crippen molar-refractivity contribution < 1.29 is 9.53 Å². The summed E-state index contributed by atoms with van der Waals surface area (Å²) in [5.41, 5.74) is 11.1. The van der Waals surface area contributed by atoms with Gasteiger partial charge in [0.2, 0.25) is 5.91 Å². The lowest BCUT2D eigenvalue weighted by Crippen LogP contribution is -2.11. The molecular formula is C18H17N3O2. The molecule has 1 amide bonds. The monoisotopic (exact) mass is 307 g/mol. The van der Waals surface area contributed by atoms with Gasteiger partial charge in [-0.1, -0.05) is 6.07 Å². The van der Waals surface area contributed by atoms with E-state index in [4.69, 9.17) is 10.5 Å². The van der Waals surface area contributed by atoms with E-state index in [1.54, 1.807) is 31.6 Å². The standard InChI is InChI=1S/C18H17N3O2/c1-10-4-5-15(23-3)11(2)16(10)13-8-12(18(19)22)9-14-17(13)21-7-6-20-14/h4-9H,1-3H3,(H2,19,22). The number of benzene rings is 2. The molecule has 1 aromatic heterocycles.